The van der Waals surface area contributed by atoms with Crippen molar-refractivity contribution in [3.8, 4) is 0 Å². The van der Waals surface area contributed by atoms with Crippen LogP contribution in [0.3, 0.4) is 0 Å². The third kappa shape index (κ3) is 4.23. The smallest absolute Gasteiger partial charge is 0.309 e. The highest BCUT2D eigenvalue weighted by Crippen LogP contribution is 2.30. The first-order valence-corrected chi connectivity index (χ1v) is 9.57. The van der Waals surface area contributed by atoms with Crippen LogP contribution in [0.4, 0.5) is 0 Å². The molecule has 1 saturated carbocycles. The molecule has 2 aliphatic rings. The van der Waals surface area contributed by atoms with Crippen LogP contribution in [0.25, 0.3) is 0 Å². The highest BCUT2D eigenvalue weighted by atomic mass is 32.2. The summed E-state index contributed by atoms with van der Waals surface area (Å²) < 4.78 is 28.4. The van der Waals surface area contributed by atoms with Crippen molar-refractivity contribution in [1.82, 2.24) is 4.90 Å². The minimum absolute atomic E-state index is 0.0767. The Hall–Kier alpha value is -2.15. The summed E-state index contributed by atoms with van der Waals surface area (Å²) in [6.45, 7) is -0.0856. The number of carbonyl (C=O) groups excluding carboxylic acids is 2. The highest BCUT2D eigenvalue weighted by molar-refractivity contribution is 7.94. The molecular weight excluding hydrogens is 330 g/mol. The van der Waals surface area contributed by atoms with E-state index in [0.29, 0.717) is 0 Å². The van der Waals surface area contributed by atoms with Crippen molar-refractivity contribution < 1.29 is 22.7 Å². The normalized spacial score (nSPS) is 21.4. The summed E-state index contributed by atoms with van der Waals surface area (Å²) in [7, 11) is -3.28. The Kier molecular flexibility index (Phi) is 4.71. The molecule has 3 rings (SSSR count). The van der Waals surface area contributed by atoms with Gasteiger partial charge in [-0.2, -0.15) is 0 Å². The number of hydrogen-bond donors (Lipinski definition) is 0. The zero-order valence-electron chi connectivity index (χ0n) is 13.1. The number of esters is 1. The second-order valence-corrected chi connectivity index (χ2v) is 8.05. The van der Waals surface area contributed by atoms with Crippen LogP contribution in [-0.4, -0.2) is 43.6 Å². The molecule has 1 fully saturated rings. The van der Waals surface area contributed by atoms with Crippen molar-refractivity contribution in [3.05, 3.63) is 47.4 Å². The zero-order valence-corrected chi connectivity index (χ0v) is 13.9. The van der Waals surface area contributed by atoms with Gasteiger partial charge < -0.3 is 9.64 Å². The van der Waals surface area contributed by atoms with Crippen LogP contribution in [0.15, 0.2) is 41.8 Å². The molecule has 128 valence electrons. The molecule has 24 heavy (non-hydrogen) atoms. The second kappa shape index (κ2) is 6.76. The first kappa shape index (κ1) is 16.7. The van der Waals surface area contributed by atoms with Crippen LogP contribution < -0.4 is 0 Å². The molecule has 1 aromatic carbocycles. The average molecular weight is 349 g/mol. The molecule has 0 radical (unpaired) electrons. The van der Waals surface area contributed by atoms with Crippen LogP contribution in [0.5, 0.6) is 0 Å². The predicted molar refractivity (Wildman–Crippen MR) is 87.4 cm³/mol. The van der Waals surface area contributed by atoms with Gasteiger partial charge in [0.05, 0.1) is 17.7 Å². The standard InChI is InChI=1S/C17H19NO5S/c19-16(11-23-17(20)14-6-7-14)18(10-13-4-2-1-3-5-13)15-8-9-24(21,22)12-15/h1-5,8-9,14-15H,6-7,10-12H2/t15-/m1/s1. The monoisotopic (exact) mass is 349 g/mol. The maximum atomic E-state index is 12.5. The lowest BCUT2D eigenvalue weighted by atomic mass is 10.2. The van der Waals surface area contributed by atoms with E-state index in [2.05, 4.69) is 0 Å². The molecule has 1 heterocycles. The Bertz CT molecular complexity index is 752. The van der Waals surface area contributed by atoms with Crippen molar-refractivity contribution in [1.29, 1.82) is 0 Å². The molecule has 6 nitrogen and oxygen atoms in total. The molecule has 0 aromatic heterocycles. The summed E-state index contributed by atoms with van der Waals surface area (Å²) in [5.74, 6) is -0.952. The summed E-state index contributed by atoms with van der Waals surface area (Å²) in [5.41, 5.74) is 0.886. The lowest BCUT2D eigenvalue weighted by molar-refractivity contribution is -0.153. The minimum Gasteiger partial charge on any atom is -0.455 e. The lowest BCUT2D eigenvalue weighted by Gasteiger charge is -2.27. The summed E-state index contributed by atoms with van der Waals surface area (Å²) in [6.07, 6.45) is 3.13. The van der Waals surface area contributed by atoms with Crippen molar-refractivity contribution in [3.63, 3.8) is 0 Å². The Morgan fingerprint density at radius 1 is 1.17 bits per heavy atom. The molecule has 1 aliphatic heterocycles. The Balaban J connectivity index is 1.70. The van der Waals surface area contributed by atoms with E-state index in [9.17, 15) is 18.0 Å². The molecule has 1 aromatic rings. The fourth-order valence-electron chi connectivity index (χ4n) is 2.58. The van der Waals surface area contributed by atoms with Gasteiger partial charge in [0, 0.05) is 12.0 Å². The molecular formula is C17H19NO5S. The molecule has 0 unspecified atom stereocenters. The lowest BCUT2D eigenvalue weighted by Crippen LogP contribution is -2.42. The van der Waals surface area contributed by atoms with E-state index in [1.165, 1.54) is 11.0 Å². The van der Waals surface area contributed by atoms with Gasteiger partial charge in [-0.1, -0.05) is 30.3 Å². The molecule has 0 spiro atoms. The van der Waals surface area contributed by atoms with E-state index in [-0.39, 0.29) is 36.7 Å². The van der Waals surface area contributed by atoms with Crippen LogP contribution in [0.1, 0.15) is 18.4 Å². The van der Waals surface area contributed by atoms with Crippen LogP contribution in [0.2, 0.25) is 0 Å². The average Bonchev–Trinajstić information content (AvgIpc) is 3.35. The van der Waals surface area contributed by atoms with Gasteiger partial charge in [0.15, 0.2) is 16.4 Å². The van der Waals surface area contributed by atoms with Gasteiger partial charge in [0.1, 0.15) is 0 Å². The quantitative estimate of drug-likeness (QED) is 0.723. The van der Waals surface area contributed by atoms with Crippen molar-refractivity contribution in [2.24, 2.45) is 5.92 Å². The van der Waals surface area contributed by atoms with Gasteiger partial charge in [0.2, 0.25) is 0 Å². The maximum Gasteiger partial charge on any atom is 0.309 e. The van der Waals surface area contributed by atoms with E-state index >= 15 is 0 Å². The first-order valence-electron chi connectivity index (χ1n) is 7.85. The number of nitrogens with zero attached hydrogens (tertiary/aromatic N) is 1. The topological polar surface area (TPSA) is 80.8 Å². The van der Waals surface area contributed by atoms with E-state index in [1.807, 2.05) is 30.3 Å². The number of hydrogen-bond acceptors (Lipinski definition) is 5. The number of carbonyl (C=O) groups is 2. The Morgan fingerprint density at radius 2 is 1.88 bits per heavy atom. The van der Waals surface area contributed by atoms with Gasteiger partial charge in [-0.3, -0.25) is 9.59 Å². The van der Waals surface area contributed by atoms with Crippen LogP contribution >= 0.6 is 0 Å². The molecule has 1 amide bonds. The van der Waals surface area contributed by atoms with Gasteiger partial charge in [-0.25, -0.2) is 8.42 Å². The largest absolute Gasteiger partial charge is 0.455 e. The zero-order chi connectivity index (χ0) is 17.2. The molecule has 0 N–H and O–H groups in total. The summed E-state index contributed by atoms with van der Waals surface area (Å²) in [5, 5.41) is 1.14. The number of sulfone groups is 1. The Labute approximate surface area is 141 Å². The first-order chi connectivity index (χ1) is 11.4. The summed E-state index contributed by atoms with van der Waals surface area (Å²) in [4.78, 5) is 25.6. The second-order valence-electron chi connectivity index (χ2n) is 6.11. The van der Waals surface area contributed by atoms with E-state index in [0.717, 1.165) is 23.8 Å². The number of ether oxygens (including phenoxy) is 1. The minimum atomic E-state index is -3.28. The molecule has 1 atom stereocenters. The van der Waals surface area contributed by atoms with Gasteiger partial charge >= 0.3 is 5.97 Å². The van der Waals surface area contributed by atoms with Gasteiger partial charge in [-0.15, -0.1) is 0 Å². The van der Waals surface area contributed by atoms with Crippen molar-refractivity contribution >= 4 is 21.7 Å². The van der Waals surface area contributed by atoms with E-state index in [4.69, 9.17) is 4.74 Å². The summed E-state index contributed by atoms with van der Waals surface area (Å²) >= 11 is 0. The van der Waals surface area contributed by atoms with Crippen LogP contribution in [0, 0.1) is 5.92 Å². The van der Waals surface area contributed by atoms with Crippen molar-refractivity contribution in [2.45, 2.75) is 25.4 Å². The Morgan fingerprint density at radius 3 is 2.46 bits per heavy atom. The van der Waals surface area contributed by atoms with E-state index < -0.39 is 15.9 Å². The van der Waals surface area contributed by atoms with Gasteiger partial charge in [0.25, 0.3) is 5.91 Å². The maximum absolute atomic E-state index is 12.5. The predicted octanol–water partition coefficient (Wildman–Crippen LogP) is 1.28. The molecule has 1 aliphatic carbocycles. The molecule has 0 saturated heterocycles. The summed E-state index contributed by atoms with van der Waals surface area (Å²) in [6, 6.07) is 8.77. The van der Waals surface area contributed by atoms with E-state index in [1.54, 1.807) is 0 Å². The molecule has 0 bridgehead atoms. The SMILES string of the molecule is O=C(OCC(=O)N(Cc1ccccc1)[C@@H]1C=CS(=O)(=O)C1)C1CC1. The van der Waals surface area contributed by atoms with Gasteiger partial charge in [-0.05, 0) is 24.5 Å². The molecule has 7 heteroatoms. The highest BCUT2D eigenvalue weighted by Gasteiger charge is 2.34. The third-order valence-electron chi connectivity index (χ3n) is 4.08. The third-order valence-corrected chi connectivity index (χ3v) is 5.45. The van der Waals surface area contributed by atoms with Crippen molar-refractivity contribution in [2.75, 3.05) is 12.4 Å². The fraction of sp³-hybridized carbons (Fsp3) is 0.412. The number of benzene rings is 1. The fourth-order valence-corrected chi connectivity index (χ4v) is 3.88. The number of amides is 1. The number of rotatable bonds is 6. The van der Waals surface area contributed by atoms with Crippen LogP contribution in [-0.2, 0) is 30.7 Å².